The third-order valence-corrected chi connectivity index (χ3v) is 21.4. The maximum Gasteiger partial charge on any atom is 0.171 e. The number of ether oxygens (including phenoxy) is 2. The normalized spacial score (nSPS) is 37.5. The summed E-state index contributed by atoms with van der Waals surface area (Å²) in [6.45, 7) is 13.8. The SMILES string of the molecule is C=O.CC#C[C@]1(O)CCC2C3CCC4=CC(=O)CCC4=C3[C@@H](c3ccc(C(=O)C4CC4)cc3)C[C@@]21C.CC#C[C@]1(O)CCC2C3CC[C@@]4(O)CC5(CCC4=C3[C@@H](c3ccc([C-](C)C4CC4)cc3)C[C@@]21C)OCCO5.[Y]. The number of hydrogen-bond donors (Lipinski definition) is 3. The molecule has 11 atom stereocenters. The molecule has 395 valence electrons. The fraction of sp³-hybridized carbons (Fsp3) is 0.606. The molecule has 8 fully saturated rings. The van der Waals surface area contributed by atoms with Crippen molar-refractivity contribution >= 4 is 18.4 Å². The second-order valence-corrected chi connectivity index (χ2v) is 25.1. The molecule has 1 radical (unpaired) electrons. The molecule has 0 aromatic heterocycles. The van der Waals surface area contributed by atoms with E-state index < -0.39 is 22.6 Å². The second-order valence-electron chi connectivity index (χ2n) is 25.1. The van der Waals surface area contributed by atoms with Crippen LogP contribution in [0.15, 0.2) is 82.5 Å². The van der Waals surface area contributed by atoms with Crippen LogP contribution in [-0.2, 0) is 51.8 Å². The molecule has 9 heteroatoms. The fourth-order valence-corrected chi connectivity index (χ4v) is 17.3. The van der Waals surface area contributed by atoms with Crippen LogP contribution in [0.3, 0.4) is 0 Å². The Morgan fingerprint density at radius 3 is 1.80 bits per heavy atom. The predicted octanol–water partition coefficient (Wildman–Crippen LogP) is 11.8. The van der Waals surface area contributed by atoms with Gasteiger partial charge >= 0.3 is 0 Å². The zero-order valence-electron chi connectivity index (χ0n) is 45.3. The average Bonchev–Trinajstić information content (AvgIpc) is 4.38. The Morgan fingerprint density at radius 2 is 1.24 bits per heavy atom. The molecule has 75 heavy (non-hydrogen) atoms. The molecule has 10 aliphatic carbocycles. The van der Waals surface area contributed by atoms with Crippen molar-refractivity contribution in [2.24, 2.45) is 46.3 Å². The molecular weight excluding hydrogens is 1010 g/mol. The summed E-state index contributed by atoms with van der Waals surface area (Å²) in [6.07, 6.45) is 19.1. The summed E-state index contributed by atoms with van der Waals surface area (Å²) in [5, 5.41) is 35.9. The molecule has 8 nitrogen and oxygen atoms in total. The van der Waals surface area contributed by atoms with Crippen molar-refractivity contribution in [3.8, 4) is 23.7 Å². The van der Waals surface area contributed by atoms with Gasteiger partial charge in [0.25, 0.3) is 0 Å². The van der Waals surface area contributed by atoms with E-state index in [0.29, 0.717) is 49.7 Å². The van der Waals surface area contributed by atoms with Crippen LogP contribution in [0.2, 0.25) is 0 Å². The number of carbonyl (C=O) groups excluding carboxylic acids is 3. The zero-order chi connectivity index (χ0) is 52.0. The van der Waals surface area contributed by atoms with Gasteiger partial charge < -0.3 is 29.6 Å². The van der Waals surface area contributed by atoms with Crippen LogP contribution in [0.1, 0.15) is 195 Å². The van der Waals surface area contributed by atoms with Gasteiger partial charge in [-0.15, -0.1) is 24.0 Å². The minimum Gasteiger partial charge on any atom is -0.385 e. The molecular formula is C66H79O8Y-. The fourth-order valence-electron chi connectivity index (χ4n) is 17.3. The third kappa shape index (κ3) is 9.23. The van der Waals surface area contributed by atoms with Gasteiger partial charge in [-0.1, -0.05) is 92.3 Å². The van der Waals surface area contributed by atoms with E-state index in [2.05, 4.69) is 80.9 Å². The Balaban J connectivity index is 0.000000164. The molecule has 1 spiro atoms. The topological polar surface area (TPSA) is 130 Å². The number of carbonyl (C=O) groups is 3. The van der Waals surface area contributed by atoms with Gasteiger partial charge in [0.1, 0.15) is 18.0 Å². The monoisotopic (exact) mass is 1090 g/mol. The molecule has 3 N–H and O–H groups in total. The quantitative estimate of drug-likeness (QED) is 0.113. The number of ketones is 2. The molecule has 1 heterocycles. The Morgan fingerprint density at radius 1 is 0.680 bits per heavy atom. The number of fused-ring (bicyclic) bond motifs is 8. The number of hydrogen-bond acceptors (Lipinski definition) is 8. The van der Waals surface area contributed by atoms with Crippen LogP contribution < -0.4 is 0 Å². The van der Waals surface area contributed by atoms with E-state index in [1.54, 1.807) is 0 Å². The molecule has 0 amide bonds. The van der Waals surface area contributed by atoms with E-state index in [9.17, 15) is 24.9 Å². The van der Waals surface area contributed by atoms with Crippen LogP contribution in [0.4, 0.5) is 0 Å². The van der Waals surface area contributed by atoms with Gasteiger partial charge in [-0.05, 0) is 156 Å². The van der Waals surface area contributed by atoms with E-state index in [4.69, 9.17) is 14.3 Å². The van der Waals surface area contributed by atoms with Crippen molar-refractivity contribution in [1.29, 1.82) is 0 Å². The second kappa shape index (κ2) is 20.7. The van der Waals surface area contributed by atoms with Gasteiger partial charge in [0.15, 0.2) is 17.4 Å². The summed E-state index contributed by atoms with van der Waals surface area (Å²) < 4.78 is 12.2. The summed E-state index contributed by atoms with van der Waals surface area (Å²) >= 11 is 0. The molecule has 4 unspecified atom stereocenters. The van der Waals surface area contributed by atoms with E-state index >= 15 is 0 Å². The van der Waals surface area contributed by atoms with Crippen molar-refractivity contribution in [1.82, 2.24) is 0 Å². The Labute approximate surface area is 472 Å². The Kier molecular flexibility index (Phi) is 15.1. The Bertz CT molecular complexity index is 2790. The van der Waals surface area contributed by atoms with E-state index in [1.165, 1.54) is 63.3 Å². The average molecular weight is 1090 g/mol. The largest absolute Gasteiger partial charge is 0.385 e. The smallest absolute Gasteiger partial charge is 0.171 e. The van der Waals surface area contributed by atoms with Gasteiger partial charge in [0, 0.05) is 86.1 Å². The number of rotatable bonds is 6. The molecule has 0 bridgehead atoms. The molecule has 11 aliphatic rings. The van der Waals surface area contributed by atoms with E-state index in [0.717, 1.165) is 108 Å². The summed E-state index contributed by atoms with van der Waals surface area (Å²) in [7, 11) is 0. The van der Waals surface area contributed by atoms with Crippen molar-refractivity contribution in [2.45, 2.75) is 191 Å². The number of aliphatic hydroxyl groups is 3. The molecule has 2 aromatic carbocycles. The Hall–Kier alpha value is -3.44. The van der Waals surface area contributed by atoms with Gasteiger partial charge in [-0.2, -0.15) is 23.6 Å². The zero-order valence-corrected chi connectivity index (χ0v) is 48.2. The van der Waals surface area contributed by atoms with Gasteiger partial charge in [-0.3, -0.25) is 9.59 Å². The van der Waals surface area contributed by atoms with Crippen molar-refractivity contribution in [3.63, 3.8) is 0 Å². The maximum atomic E-state index is 12.6. The minimum absolute atomic E-state index is 0. The molecule has 1 aliphatic heterocycles. The first-order chi connectivity index (χ1) is 35.6. The van der Waals surface area contributed by atoms with Crippen molar-refractivity contribution in [2.75, 3.05) is 13.2 Å². The molecule has 2 aromatic rings. The third-order valence-electron chi connectivity index (χ3n) is 21.4. The summed E-state index contributed by atoms with van der Waals surface area (Å²) in [5.41, 5.74) is 8.32. The van der Waals surface area contributed by atoms with Crippen LogP contribution in [0, 0.1) is 75.9 Å². The maximum absolute atomic E-state index is 12.6. The number of allylic oxidation sites excluding steroid dienone is 5. The van der Waals surface area contributed by atoms with Gasteiger partial charge in [-0.25, -0.2) is 0 Å². The first-order valence-electron chi connectivity index (χ1n) is 28.5. The summed E-state index contributed by atoms with van der Waals surface area (Å²) in [6, 6.07) is 17.6. The van der Waals surface area contributed by atoms with Gasteiger partial charge in [0.2, 0.25) is 0 Å². The first-order valence-corrected chi connectivity index (χ1v) is 28.5. The van der Waals surface area contributed by atoms with Crippen LogP contribution >= 0.6 is 0 Å². The summed E-state index contributed by atoms with van der Waals surface area (Å²) in [5.74, 6) is 17.0. The predicted molar refractivity (Wildman–Crippen MR) is 286 cm³/mol. The minimum atomic E-state index is -0.957. The van der Waals surface area contributed by atoms with Crippen LogP contribution in [-0.4, -0.2) is 69.5 Å². The van der Waals surface area contributed by atoms with Crippen LogP contribution in [0.5, 0.6) is 0 Å². The van der Waals surface area contributed by atoms with E-state index in [-0.39, 0.29) is 72.9 Å². The molecule has 7 saturated carbocycles. The molecule has 1 saturated heterocycles. The van der Waals surface area contributed by atoms with Crippen molar-refractivity contribution in [3.05, 3.63) is 111 Å². The summed E-state index contributed by atoms with van der Waals surface area (Å²) in [4.78, 5) is 32.8. The number of benzene rings is 2. The molecule has 13 rings (SSSR count). The standard InChI is InChI=1S/C34H43O4.C31H34O3.CH2O.Y/c1-4-14-33(36)16-12-28-26-11-15-32(35)21-34(37-18-19-38-34)17-13-29(32)30(26)27(20-31(28,33)3)25-9-7-24(8-10-25)22(2)23-5-6-23;1-3-15-31(34)16-14-27-25-12-10-22-17-23(32)11-13-24(22)28(25)26(18-30(27,31)2)19-4-6-20(7-5-19)29(33)21-8-9-21;1-2;/h7-10,23,26-28,35-36H,5-6,11-13,15-21H2,1-3H3;4-7,17,21,25-27,34H,8-14,16,18H2,1-2H3;1H2;/q-1;;;/t26?,27-,28?,31+,32-,33+;25?,26-,27?,30+,31+;;/m11../s1. The van der Waals surface area contributed by atoms with Gasteiger partial charge in [0.05, 0.1) is 18.8 Å². The van der Waals surface area contributed by atoms with Crippen LogP contribution in [0.25, 0.3) is 0 Å². The van der Waals surface area contributed by atoms with E-state index in [1.807, 2.05) is 38.8 Å². The van der Waals surface area contributed by atoms with Crippen molar-refractivity contribution < 1.29 is 71.9 Å². The first kappa shape index (κ1) is 54.9. The number of Topliss-reactive ketones (excluding diaryl/α,β-unsaturated/α-hetero) is 1.